The number of allylic oxidation sites excluding steroid dienone is 1. The number of phenols is 2. The van der Waals surface area contributed by atoms with Gasteiger partial charge < -0.3 is 19.5 Å². The van der Waals surface area contributed by atoms with Crippen LogP contribution in [-0.4, -0.2) is 25.5 Å². The number of ether oxygens (including phenoxy) is 1. The van der Waals surface area contributed by atoms with Crippen molar-refractivity contribution >= 4 is 22.9 Å². The van der Waals surface area contributed by atoms with E-state index < -0.39 is 5.75 Å². The zero-order chi connectivity index (χ0) is 16.1. The number of aryl methyl sites for hydroxylation is 1. The molecule has 0 atom stereocenters. The molecule has 0 amide bonds. The number of phenolic OH excluding ortho intramolecular Hbond substituents is 2. The highest BCUT2D eigenvalue weighted by atomic mass is 16.5. The van der Waals surface area contributed by atoms with Gasteiger partial charge in [-0.05, 0) is 30.3 Å². The van der Waals surface area contributed by atoms with E-state index in [-0.39, 0.29) is 28.6 Å². The van der Waals surface area contributed by atoms with E-state index in [0.717, 1.165) is 16.6 Å². The minimum Gasteiger partial charge on any atom is -0.504 e. The van der Waals surface area contributed by atoms with Crippen LogP contribution < -0.4 is 4.74 Å². The lowest BCUT2D eigenvalue weighted by atomic mass is 10.1. The Labute approximate surface area is 130 Å². The number of pyridine rings is 1. The Balaban J connectivity index is 1.84. The number of benzene rings is 1. The number of carbonyl (C=O) groups excluding carboxylic acids is 1. The molecule has 23 heavy (non-hydrogen) atoms. The highest BCUT2D eigenvalue weighted by Gasteiger charge is 2.31. The summed E-state index contributed by atoms with van der Waals surface area (Å²) in [6.45, 7) is 0. The van der Waals surface area contributed by atoms with Gasteiger partial charge in [0.1, 0.15) is 5.65 Å². The number of hydrogen-bond acceptors (Lipinski definition) is 5. The first-order valence-corrected chi connectivity index (χ1v) is 6.95. The molecule has 0 bridgehead atoms. The largest absolute Gasteiger partial charge is 0.504 e. The summed E-state index contributed by atoms with van der Waals surface area (Å²) >= 11 is 0. The second kappa shape index (κ2) is 4.61. The molecule has 6 heteroatoms. The molecule has 114 valence electrons. The average Bonchev–Trinajstić information content (AvgIpc) is 3.03. The lowest BCUT2D eigenvalue weighted by Gasteiger charge is -2.02. The summed E-state index contributed by atoms with van der Waals surface area (Å²) in [5.41, 5.74) is 1.81. The van der Waals surface area contributed by atoms with Crippen molar-refractivity contribution < 1.29 is 19.7 Å². The number of aromatic hydroxyl groups is 2. The Morgan fingerprint density at radius 2 is 2.09 bits per heavy atom. The maximum absolute atomic E-state index is 12.4. The number of aromatic nitrogens is 2. The Hall–Kier alpha value is -3.28. The third-order valence-electron chi connectivity index (χ3n) is 3.84. The average molecular weight is 308 g/mol. The van der Waals surface area contributed by atoms with Crippen molar-refractivity contribution in [3.63, 3.8) is 0 Å². The molecule has 1 aromatic carbocycles. The van der Waals surface area contributed by atoms with Crippen molar-refractivity contribution in [2.75, 3.05) is 0 Å². The number of nitrogens with zero attached hydrogens (tertiary/aromatic N) is 2. The number of ketones is 1. The van der Waals surface area contributed by atoms with Crippen LogP contribution >= 0.6 is 0 Å². The normalized spacial score (nSPS) is 15.2. The molecule has 0 radical (unpaired) electrons. The molecule has 3 heterocycles. The summed E-state index contributed by atoms with van der Waals surface area (Å²) in [5.74, 6) is -1.01. The molecule has 4 rings (SSSR count). The fourth-order valence-electron chi connectivity index (χ4n) is 2.73. The van der Waals surface area contributed by atoms with Crippen molar-refractivity contribution in [1.82, 2.24) is 9.55 Å². The van der Waals surface area contributed by atoms with Gasteiger partial charge in [0.2, 0.25) is 11.5 Å². The first-order valence-electron chi connectivity index (χ1n) is 6.95. The first-order chi connectivity index (χ1) is 11.1. The topological polar surface area (TPSA) is 84.6 Å². The molecule has 2 aromatic heterocycles. The van der Waals surface area contributed by atoms with Crippen LogP contribution in [0, 0.1) is 0 Å². The highest BCUT2D eigenvalue weighted by Crippen LogP contribution is 2.44. The Morgan fingerprint density at radius 1 is 1.26 bits per heavy atom. The van der Waals surface area contributed by atoms with E-state index >= 15 is 0 Å². The molecule has 0 aliphatic carbocycles. The predicted octanol–water partition coefficient (Wildman–Crippen LogP) is 2.60. The summed E-state index contributed by atoms with van der Waals surface area (Å²) in [4.78, 5) is 16.7. The minimum absolute atomic E-state index is 0.0142. The monoisotopic (exact) mass is 308 g/mol. The smallest absolute Gasteiger partial charge is 0.232 e. The Kier molecular flexibility index (Phi) is 2.68. The molecule has 0 fully saturated rings. The molecular formula is C17H12N2O4. The van der Waals surface area contributed by atoms with Crippen LogP contribution in [0.4, 0.5) is 0 Å². The van der Waals surface area contributed by atoms with Crippen molar-refractivity contribution in [3.05, 3.63) is 53.5 Å². The number of hydrogen-bond donors (Lipinski definition) is 2. The zero-order valence-corrected chi connectivity index (χ0v) is 12.1. The van der Waals surface area contributed by atoms with Gasteiger partial charge in [0.15, 0.2) is 17.3 Å². The molecule has 0 saturated heterocycles. The van der Waals surface area contributed by atoms with Crippen LogP contribution in [0.3, 0.4) is 0 Å². The van der Waals surface area contributed by atoms with Crippen LogP contribution in [-0.2, 0) is 7.05 Å². The van der Waals surface area contributed by atoms with E-state index in [9.17, 15) is 15.0 Å². The van der Waals surface area contributed by atoms with Gasteiger partial charge in [-0.15, -0.1) is 0 Å². The summed E-state index contributed by atoms with van der Waals surface area (Å²) in [7, 11) is 1.87. The van der Waals surface area contributed by atoms with E-state index in [2.05, 4.69) is 4.98 Å². The number of Topliss-reactive ketones (excluding diaryl/α,β-unsaturated/α-hetero) is 1. The fraction of sp³-hybridized carbons (Fsp3) is 0.0588. The van der Waals surface area contributed by atoms with Crippen LogP contribution in [0.5, 0.6) is 17.2 Å². The molecular weight excluding hydrogens is 296 g/mol. The molecule has 0 spiro atoms. The maximum atomic E-state index is 12.4. The standard InChI is InChI=1S/C17H12N2O4/c1-19-8-9(10-3-2-6-18-17(10)19)7-13-14(21)11-4-5-12(20)15(22)16(11)23-13/h2-8,20,22H,1H3/b13-7-. The lowest BCUT2D eigenvalue weighted by Crippen LogP contribution is -1.97. The summed E-state index contributed by atoms with van der Waals surface area (Å²) < 4.78 is 7.32. The van der Waals surface area contributed by atoms with Crippen molar-refractivity contribution in [3.8, 4) is 17.2 Å². The van der Waals surface area contributed by atoms with Crippen molar-refractivity contribution in [2.24, 2.45) is 7.05 Å². The fourth-order valence-corrected chi connectivity index (χ4v) is 2.73. The van der Waals surface area contributed by atoms with Crippen LogP contribution in [0.25, 0.3) is 17.1 Å². The minimum atomic E-state index is -0.432. The van der Waals surface area contributed by atoms with E-state index in [1.807, 2.05) is 29.9 Å². The second-order valence-electron chi connectivity index (χ2n) is 5.32. The summed E-state index contributed by atoms with van der Waals surface area (Å²) in [5, 5.41) is 20.2. The quantitative estimate of drug-likeness (QED) is 0.533. The summed E-state index contributed by atoms with van der Waals surface area (Å²) in [6.07, 6.45) is 5.16. The number of carbonyl (C=O) groups is 1. The van der Waals surface area contributed by atoms with Crippen molar-refractivity contribution in [1.29, 1.82) is 0 Å². The van der Waals surface area contributed by atoms with Gasteiger partial charge in [-0.3, -0.25) is 4.79 Å². The third-order valence-corrected chi connectivity index (χ3v) is 3.84. The second-order valence-corrected chi connectivity index (χ2v) is 5.32. The number of rotatable bonds is 1. The van der Waals surface area contributed by atoms with Gasteiger partial charge in [0, 0.05) is 30.4 Å². The molecule has 1 aliphatic rings. The molecule has 3 aromatic rings. The van der Waals surface area contributed by atoms with Gasteiger partial charge in [-0.1, -0.05) is 0 Å². The molecule has 0 saturated carbocycles. The van der Waals surface area contributed by atoms with Gasteiger partial charge in [0.25, 0.3) is 0 Å². The Morgan fingerprint density at radius 3 is 2.91 bits per heavy atom. The van der Waals surface area contributed by atoms with E-state index in [1.165, 1.54) is 12.1 Å². The van der Waals surface area contributed by atoms with Gasteiger partial charge in [-0.25, -0.2) is 4.98 Å². The van der Waals surface area contributed by atoms with Crippen LogP contribution in [0.2, 0.25) is 0 Å². The van der Waals surface area contributed by atoms with Crippen molar-refractivity contribution in [2.45, 2.75) is 0 Å². The Bertz CT molecular complexity index is 1000. The summed E-state index contributed by atoms with van der Waals surface area (Å²) in [6, 6.07) is 6.42. The van der Waals surface area contributed by atoms with Gasteiger partial charge >= 0.3 is 0 Å². The zero-order valence-electron chi connectivity index (χ0n) is 12.1. The van der Waals surface area contributed by atoms with Crippen LogP contribution in [0.1, 0.15) is 15.9 Å². The van der Waals surface area contributed by atoms with Gasteiger partial charge in [0.05, 0.1) is 5.56 Å². The molecule has 0 unspecified atom stereocenters. The molecule has 1 aliphatic heterocycles. The highest BCUT2D eigenvalue weighted by molar-refractivity contribution is 6.15. The van der Waals surface area contributed by atoms with Gasteiger partial charge in [-0.2, -0.15) is 0 Å². The predicted molar refractivity (Wildman–Crippen MR) is 83.4 cm³/mol. The SMILES string of the molecule is Cn1cc(/C=C2\Oc3c(ccc(O)c3O)C2=O)c2cccnc21. The van der Waals surface area contributed by atoms with E-state index in [4.69, 9.17) is 4.74 Å². The lowest BCUT2D eigenvalue weighted by molar-refractivity contribution is 0.101. The first kappa shape index (κ1) is 13.4. The molecule has 6 nitrogen and oxygen atoms in total. The molecule has 2 N–H and O–H groups in total. The van der Waals surface area contributed by atoms with E-state index in [1.54, 1.807) is 12.3 Å². The number of fused-ring (bicyclic) bond motifs is 2. The van der Waals surface area contributed by atoms with E-state index in [0.29, 0.717) is 0 Å². The van der Waals surface area contributed by atoms with Crippen LogP contribution in [0.15, 0.2) is 42.4 Å². The maximum Gasteiger partial charge on any atom is 0.232 e. The third kappa shape index (κ3) is 1.88.